The van der Waals surface area contributed by atoms with E-state index in [9.17, 15) is 15.0 Å². The molecule has 1 aromatic carbocycles. The minimum absolute atomic E-state index is 0.159. The second-order valence-corrected chi connectivity index (χ2v) is 9.28. The van der Waals surface area contributed by atoms with Gasteiger partial charge in [-0.2, -0.15) is 0 Å². The highest BCUT2D eigenvalue weighted by Crippen LogP contribution is 2.43. The molecule has 1 aliphatic heterocycles. The molecule has 0 atom stereocenters. The molecule has 4 nitrogen and oxygen atoms in total. The first kappa shape index (κ1) is 23.6. The van der Waals surface area contributed by atoms with E-state index in [1.807, 2.05) is 4.31 Å². The minimum atomic E-state index is 0.159. The zero-order valence-corrected chi connectivity index (χ0v) is 19.1. The van der Waals surface area contributed by atoms with E-state index >= 15 is 0 Å². The molecule has 2 N–H and O–H groups in total. The average Bonchev–Trinajstić information content (AvgIpc) is 2.62. The van der Waals surface area contributed by atoms with Crippen LogP contribution in [0.25, 0.3) is 0 Å². The van der Waals surface area contributed by atoms with Crippen molar-refractivity contribution in [3.63, 3.8) is 0 Å². The van der Waals surface area contributed by atoms with Crippen LogP contribution < -0.4 is 0 Å². The summed E-state index contributed by atoms with van der Waals surface area (Å²) in [4.78, 5) is 12.1. The number of benzene rings is 1. The highest BCUT2D eigenvalue weighted by Gasteiger charge is 2.27. The lowest BCUT2D eigenvalue weighted by Gasteiger charge is -2.29. The molecule has 1 saturated heterocycles. The van der Waals surface area contributed by atoms with Crippen LogP contribution in [0.1, 0.15) is 70.9 Å². The zero-order valence-electron chi connectivity index (χ0n) is 18.3. The number of hydrogen-bond acceptors (Lipinski definition) is 5. The van der Waals surface area contributed by atoms with Gasteiger partial charge in [-0.3, -0.25) is 4.79 Å². The first-order valence-corrected chi connectivity index (χ1v) is 11.4. The van der Waals surface area contributed by atoms with Gasteiger partial charge in [0.1, 0.15) is 11.5 Å². The molecule has 0 aromatic heterocycles. The summed E-state index contributed by atoms with van der Waals surface area (Å²) in [6.45, 7) is 9.28. The van der Waals surface area contributed by atoms with Crippen molar-refractivity contribution in [2.75, 3.05) is 13.1 Å². The van der Waals surface area contributed by atoms with Gasteiger partial charge in [0.15, 0.2) is 5.78 Å². The van der Waals surface area contributed by atoms with Gasteiger partial charge in [0, 0.05) is 5.56 Å². The van der Waals surface area contributed by atoms with Gasteiger partial charge in [-0.25, -0.2) is 4.31 Å². The Labute approximate surface area is 179 Å². The van der Waals surface area contributed by atoms with Crippen LogP contribution in [0, 0.1) is 0 Å². The van der Waals surface area contributed by atoms with E-state index in [1.165, 1.54) is 23.1 Å². The lowest BCUT2D eigenvalue weighted by Crippen LogP contribution is -2.42. The van der Waals surface area contributed by atoms with E-state index in [1.54, 1.807) is 6.07 Å². The van der Waals surface area contributed by atoms with Gasteiger partial charge in [-0.15, -0.1) is 0 Å². The largest absolute Gasteiger partial charge is 0.508 e. The molecule has 160 valence electrons. The first-order valence-electron chi connectivity index (χ1n) is 10.6. The molecule has 5 heteroatoms. The number of carbonyl (C=O) groups is 1. The molecule has 0 saturated carbocycles. The molecule has 0 unspecified atom stereocenters. The van der Waals surface area contributed by atoms with E-state index in [0.29, 0.717) is 25.1 Å². The summed E-state index contributed by atoms with van der Waals surface area (Å²) in [6, 6.07) is 1.81. The van der Waals surface area contributed by atoms with Crippen LogP contribution in [0.3, 0.4) is 0 Å². The third kappa shape index (κ3) is 7.23. The summed E-state index contributed by atoms with van der Waals surface area (Å²) in [5.74, 6) is 0.541. The maximum absolute atomic E-state index is 11.3. The van der Waals surface area contributed by atoms with Gasteiger partial charge in [-0.05, 0) is 76.5 Å². The van der Waals surface area contributed by atoms with Crippen LogP contribution in [-0.2, 0) is 17.6 Å². The van der Waals surface area contributed by atoms with Gasteiger partial charge in [0.25, 0.3) is 0 Å². The lowest BCUT2D eigenvalue weighted by molar-refractivity contribution is -0.124. The molecule has 0 amide bonds. The fourth-order valence-corrected chi connectivity index (χ4v) is 4.45. The average molecular weight is 418 g/mol. The van der Waals surface area contributed by atoms with Crippen LogP contribution in [0.2, 0.25) is 0 Å². The predicted octanol–water partition coefficient (Wildman–Crippen LogP) is 5.96. The summed E-state index contributed by atoms with van der Waals surface area (Å²) >= 11 is 1.44. The number of aryl methyl sites for hydroxylation is 1. The smallest absolute Gasteiger partial charge is 0.162 e. The van der Waals surface area contributed by atoms with Gasteiger partial charge in [-0.1, -0.05) is 43.1 Å². The van der Waals surface area contributed by atoms with Crippen LogP contribution in [0.15, 0.2) is 34.3 Å². The first-order chi connectivity index (χ1) is 13.8. The molecule has 0 radical (unpaired) electrons. The summed E-state index contributed by atoms with van der Waals surface area (Å²) in [6.07, 6.45) is 10.9. The topological polar surface area (TPSA) is 60.8 Å². The molecule has 1 heterocycles. The fraction of sp³-hybridized carbons (Fsp3) is 0.542. The second-order valence-electron chi connectivity index (χ2n) is 8.17. The van der Waals surface area contributed by atoms with E-state index in [2.05, 4.69) is 39.8 Å². The van der Waals surface area contributed by atoms with Crippen molar-refractivity contribution < 1.29 is 15.0 Å². The van der Waals surface area contributed by atoms with Crippen molar-refractivity contribution in [2.45, 2.75) is 77.5 Å². The predicted molar refractivity (Wildman–Crippen MR) is 122 cm³/mol. The maximum Gasteiger partial charge on any atom is 0.162 e. The van der Waals surface area contributed by atoms with Gasteiger partial charge >= 0.3 is 0 Å². The monoisotopic (exact) mass is 417 g/mol. The summed E-state index contributed by atoms with van der Waals surface area (Å²) in [5.41, 5.74) is 4.10. The summed E-state index contributed by atoms with van der Waals surface area (Å²) < 4.78 is 1.96. The van der Waals surface area contributed by atoms with Crippen LogP contribution in [-0.4, -0.2) is 33.4 Å². The molecule has 0 spiro atoms. The minimum Gasteiger partial charge on any atom is -0.508 e. The molecule has 1 fully saturated rings. The molecule has 0 aliphatic carbocycles. The molecule has 0 bridgehead atoms. The number of carbonyl (C=O) groups excluding carboxylic acids is 1. The number of phenolic OH excluding ortho intramolecular Hbond substituents is 2. The van der Waals surface area contributed by atoms with Crippen LogP contribution in [0.4, 0.5) is 0 Å². The number of nitrogens with zero attached hydrogens (tertiary/aromatic N) is 1. The van der Waals surface area contributed by atoms with Crippen molar-refractivity contribution in [2.24, 2.45) is 0 Å². The Hall–Kier alpha value is -1.72. The van der Waals surface area contributed by atoms with E-state index in [-0.39, 0.29) is 17.3 Å². The number of ketones is 1. The number of aromatic hydroxyl groups is 2. The molecular formula is C24H35NO3S. The number of phenols is 2. The van der Waals surface area contributed by atoms with Gasteiger partial charge in [0.2, 0.25) is 0 Å². The summed E-state index contributed by atoms with van der Waals surface area (Å²) in [7, 11) is 0. The highest BCUT2D eigenvalue weighted by atomic mass is 32.2. The van der Waals surface area contributed by atoms with Crippen LogP contribution in [0.5, 0.6) is 11.5 Å². The van der Waals surface area contributed by atoms with E-state index in [0.717, 1.165) is 49.0 Å². The van der Waals surface area contributed by atoms with E-state index in [4.69, 9.17) is 0 Å². The molecule has 29 heavy (non-hydrogen) atoms. The Morgan fingerprint density at radius 2 is 1.90 bits per heavy atom. The van der Waals surface area contributed by atoms with Crippen molar-refractivity contribution in [3.05, 3.63) is 40.5 Å². The Balaban J connectivity index is 2.20. The third-order valence-corrected chi connectivity index (χ3v) is 6.29. The Morgan fingerprint density at radius 3 is 2.52 bits per heavy atom. The number of unbranched alkanes of at least 4 members (excludes halogenated alkanes) is 2. The summed E-state index contributed by atoms with van der Waals surface area (Å²) in [5, 5.41) is 21.6. The zero-order chi connectivity index (χ0) is 21.4. The normalized spacial score (nSPS) is 14.8. The van der Waals surface area contributed by atoms with Crippen molar-refractivity contribution in [1.29, 1.82) is 0 Å². The van der Waals surface area contributed by atoms with Crippen molar-refractivity contribution in [1.82, 2.24) is 4.31 Å². The maximum atomic E-state index is 11.3. The Morgan fingerprint density at radius 1 is 1.17 bits per heavy atom. The fourth-order valence-electron chi connectivity index (χ4n) is 3.29. The van der Waals surface area contributed by atoms with Crippen LogP contribution >= 0.6 is 11.9 Å². The van der Waals surface area contributed by atoms with Crippen molar-refractivity contribution in [3.8, 4) is 11.5 Å². The van der Waals surface area contributed by atoms with E-state index < -0.39 is 0 Å². The molecule has 1 aromatic rings. The van der Waals surface area contributed by atoms with Gasteiger partial charge in [0.05, 0.1) is 18.0 Å². The standard InChI is InChI=1S/C24H35NO3S/c1-5-6-7-11-19-14-22(27)21(13-12-18(4)10-8-9-17(2)3)23(28)24(19)29-25-15-20(26)16-25/h9,12,14,27-28H,5-8,10-11,13,15-16H2,1-4H3/b18-12+. The number of rotatable bonds is 11. The number of allylic oxidation sites excluding steroid dienone is 4. The highest BCUT2D eigenvalue weighted by molar-refractivity contribution is 7.97. The van der Waals surface area contributed by atoms with Gasteiger partial charge < -0.3 is 10.2 Å². The van der Waals surface area contributed by atoms with Crippen molar-refractivity contribution >= 4 is 17.7 Å². The lowest BCUT2D eigenvalue weighted by atomic mass is 10.00. The molecular weight excluding hydrogens is 382 g/mol. The number of Topliss-reactive ketones (excluding diaryl/α,β-unsaturated/α-hetero) is 1. The molecule has 1 aliphatic rings. The SMILES string of the molecule is CCCCCc1cc(O)c(C/C=C(\C)CCC=C(C)C)c(O)c1SN1CC(=O)C1. The molecule has 2 rings (SSSR count). The quantitative estimate of drug-likeness (QED) is 0.264. The third-order valence-electron chi connectivity index (χ3n) is 5.13. The Kier molecular flexibility index (Phi) is 9.31. The second kappa shape index (κ2) is 11.5. The number of hydrogen-bond donors (Lipinski definition) is 2. The Bertz CT molecular complexity index is 771.